The lowest BCUT2D eigenvalue weighted by Gasteiger charge is -2.19. The molecule has 0 aromatic heterocycles. The van der Waals surface area contributed by atoms with Crippen molar-refractivity contribution in [3.63, 3.8) is 0 Å². The van der Waals surface area contributed by atoms with Crippen LogP contribution in [0.25, 0.3) is 0 Å². The highest BCUT2D eigenvalue weighted by Crippen LogP contribution is 2.27. The minimum atomic E-state index is 0.140. The zero-order valence-corrected chi connectivity index (χ0v) is 9.93. The van der Waals surface area contributed by atoms with Gasteiger partial charge in [0.1, 0.15) is 5.17 Å². The summed E-state index contributed by atoms with van der Waals surface area (Å²) in [6.45, 7) is 6.56. The molecule has 1 aliphatic rings. The molecule has 0 atom stereocenters. The SMILES string of the molecule is CC(C)(C)C1=C/N=C(/Cl)CCC/C=C\1. The van der Waals surface area contributed by atoms with E-state index in [9.17, 15) is 0 Å². The second-order valence-electron chi connectivity index (χ2n) is 4.63. The van der Waals surface area contributed by atoms with Crippen molar-refractivity contribution in [2.75, 3.05) is 0 Å². The Labute approximate surface area is 91.6 Å². The molecule has 0 spiro atoms. The fraction of sp³-hybridized carbons (Fsp3) is 0.583. The van der Waals surface area contributed by atoms with Gasteiger partial charge in [-0.25, -0.2) is 4.99 Å². The second-order valence-corrected chi connectivity index (χ2v) is 5.07. The van der Waals surface area contributed by atoms with Crippen LogP contribution < -0.4 is 0 Å². The molecule has 1 nitrogen and oxygen atoms in total. The first kappa shape index (κ1) is 11.5. The average Bonchev–Trinajstić information content (AvgIpc) is 2.15. The maximum atomic E-state index is 5.96. The first-order valence-corrected chi connectivity index (χ1v) is 5.47. The van der Waals surface area contributed by atoms with Gasteiger partial charge < -0.3 is 0 Å². The van der Waals surface area contributed by atoms with Crippen molar-refractivity contribution in [3.05, 3.63) is 23.9 Å². The van der Waals surface area contributed by atoms with Crippen molar-refractivity contribution in [2.24, 2.45) is 10.4 Å². The van der Waals surface area contributed by atoms with E-state index in [1.165, 1.54) is 5.57 Å². The van der Waals surface area contributed by atoms with Crippen molar-refractivity contribution in [3.8, 4) is 0 Å². The number of nitrogens with zero attached hydrogens (tertiary/aromatic N) is 1. The van der Waals surface area contributed by atoms with Gasteiger partial charge >= 0.3 is 0 Å². The number of rotatable bonds is 0. The fourth-order valence-corrected chi connectivity index (χ4v) is 1.45. The van der Waals surface area contributed by atoms with E-state index in [-0.39, 0.29) is 5.41 Å². The van der Waals surface area contributed by atoms with E-state index in [1.807, 2.05) is 6.20 Å². The average molecular weight is 212 g/mol. The zero-order valence-electron chi connectivity index (χ0n) is 9.18. The summed E-state index contributed by atoms with van der Waals surface area (Å²) in [5, 5.41) is 0.718. The van der Waals surface area contributed by atoms with Crippen LogP contribution >= 0.6 is 11.6 Å². The van der Waals surface area contributed by atoms with E-state index in [2.05, 4.69) is 37.9 Å². The van der Waals surface area contributed by atoms with E-state index in [0.29, 0.717) is 0 Å². The summed E-state index contributed by atoms with van der Waals surface area (Å²) >= 11 is 5.96. The molecule has 1 rings (SSSR count). The molecule has 78 valence electrons. The Hall–Kier alpha value is -0.560. The third-order valence-electron chi connectivity index (χ3n) is 2.26. The van der Waals surface area contributed by atoms with Crippen molar-refractivity contribution < 1.29 is 0 Å². The van der Waals surface area contributed by atoms with Gasteiger partial charge in [-0.3, -0.25) is 0 Å². The Morgan fingerprint density at radius 1 is 1.36 bits per heavy atom. The van der Waals surface area contributed by atoms with Gasteiger partial charge in [0.25, 0.3) is 0 Å². The van der Waals surface area contributed by atoms with Gasteiger partial charge in [-0.1, -0.05) is 44.5 Å². The Morgan fingerprint density at radius 3 is 2.71 bits per heavy atom. The molecule has 0 N–H and O–H groups in total. The Balaban J connectivity index is 2.94. The van der Waals surface area contributed by atoms with Crippen LogP contribution in [0.15, 0.2) is 28.9 Å². The highest BCUT2D eigenvalue weighted by Gasteiger charge is 2.14. The molecule has 0 amide bonds. The highest BCUT2D eigenvalue weighted by atomic mass is 35.5. The third kappa shape index (κ3) is 3.67. The summed E-state index contributed by atoms with van der Waals surface area (Å²) in [7, 11) is 0. The van der Waals surface area contributed by atoms with Gasteiger partial charge in [0, 0.05) is 12.6 Å². The Kier molecular flexibility index (Phi) is 3.94. The Morgan fingerprint density at radius 2 is 2.07 bits per heavy atom. The van der Waals surface area contributed by atoms with E-state index in [0.717, 1.165) is 24.4 Å². The largest absolute Gasteiger partial charge is 0.249 e. The minimum Gasteiger partial charge on any atom is -0.249 e. The van der Waals surface area contributed by atoms with Crippen LogP contribution in [0, 0.1) is 5.41 Å². The highest BCUT2D eigenvalue weighted by molar-refractivity contribution is 6.65. The van der Waals surface area contributed by atoms with Gasteiger partial charge in [-0.05, 0) is 23.8 Å². The molecule has 0 bridgehead atoms. The smallest absolute Gasteiger partial charge is 0.106 e. The van der Waals surface area contributed by atoms with E-state index < -0.39 is 0 Å². The Bertz CT molecular complexity index is 279. The van der Waals surface area contributed by atoms with Crippen molar-refractivity contribution in [1.29, 1.82) is 0 Å². The maximum Gasteiger partial charge on any atom is 0.106 e. The summed E-state index contributed by atoms with van der Waals surface area (Å²) in [5.41, 5.74) is 1.37. The molecule has 1 heterocycles. The first-order chi connectivity index (χ1) is 6.50. The molecule has 0 fully saturated rings. The number of hydrogen-bond donors (Lipinski definition) is 0. The van der Waals surface area contributed by atoms with Crippen LogP contribution in [-0.4, -0.2) is 5.17 Å². The van der Waals surface area contributed by atoms with Crippen LogP contribution in [0.5, 0.6) is 0 Å². The van der Waals surface area contributed by atoms with Crippen LogP contribution in [0.3, 0.4) is 0 Å². The molecule has 0 aromatic carbocycles. The standard InChI is InChI=1S/C12H18ClN/c1-12(2,3)10-7-5-4-6-8-11(13)14-9-10/h5,7,9H,4,6,8H2,1-3H3/b7-5-,10-9+,14-11+. The molecule has 0 aliphatic carbocycles. The van der Waals surface area contributed by atoms with E-state index in [1.54, 1.807) is 0 Å². The molecule has 0 radical (unpaired) electrons. The predicted molar refractivity (Wildman–Crippen MR) is 63.8 cm³/mol. The summed E-state index contributed by atoms with van der Waals surface area (Å²) in [4.78, 5) is 4.26. The summed E-state index contributed by atoms with van der Waals surface area (Å²) in [5.74, 6) is 0. The zero-order chi connectivity index (χ0) is 10.6. The van der Waals surface area contributed by atoms with E-state index >= 15 is 0 Å². The lowest BCUT2D eigenvalue weighted by Crippen LogP contribution is -2.07. The maximum absolute atomic E-state index is 5.96. The van der Waals surface area contributed by atoms with E-state index in [4.69, 9.17) is 11.6 Å². The van der Waals surface area contributed by atoms with Crippen molar-refractivity contribution in [2.45, 2.75) is 40.0 Å². The predicted octanol–water partition coefficient (Wildman–Crippen LogP) is 4.29. The molecule has 0 aromatic rings. The molecule has 0 unspecified atom stereocenters. The lowest BCUT2D eigenvalue weighted by atomic mass is 9.87. The lowest BCUT2D eigenvalue weighted by molar-refractivity contribution is 0.515. The number of allylic oxidation sites excluding steroid dienone is 3. The topological polar surface area (TPSA) is 12.4 Å². The normalized spacial score (nSPS) is 28.9. The summed E-state index contributed by atoms with van der Waals surface area (Å²) in [6.07, 6.45) is 9.33. The molecular weight excluding hydrogens is 194 g/mol. The molecule has 0 saturated heterocycles. The van der Waals surface area contributed by atoms with Crippen LogP contribution in [0.1, 0.15) is 40.0 Å². The molecule has 1 aliphatic heterocycles. The first-order valence-electron chi connectivity index (χ1n) is 5.09. The number of aliphatic imine (C=N–C) groups is 1. The molecule has 0 saturated carbocycles. The van der Waals surface area contributed by atoms with Gasteiger partial charge in [0.05, 0.1) is 0 Å². The van der Waals surface area contributed by atoms with Crippen LogP contribution in [-0.2, 0) is 0 Å². The summed E-state index contributed by atoms with van der Waals surface area (Å²) in [6, 6.07) is 0. The third-order valence-corrected chi connectivity index (χ3v) is 2.55. The minimum absolute atomic E-state index is 0.140. The number of hydrogen-bond acceptors (Lipinski definition) is 1. The summed E-state index contributed by atoms with van der Waals surface area (Å²) < 4.78 is 0. The number of halogens is 1. The van der Waals surface area contributed by atoms with Crippen LogP contribution in [0.2, 0.25) is 0 Å². The van der Waals surface area contributed by atoms with Gasteiger partial charge in [-0.2, -0.15) is 0 Å². The van der Waals surface area contributed by atoms with Crippen molar-refractivity contribution >= 4 is 16.8 Å². The van der Waals surface area contributed by atoms with Gasteiger partial charge in [-0.15, -0.1) is 0 Å². The van der Waals surface area contributed by atoms with Crippen molar-refractivity contribution in [1.82, 2.24) is 0 Å². The quantitative estimate of drug-likeness (QED) is 0.567. The van der Waals surface area contributed by atoms with Gasteiger partial charge in [0.2, 0.25) is 0 Å². The van der Waals surface area contributed by atoms with Crippen LogP contribution in [0.4, 0.5) is 0 Å². The fourth-order valence-electron chi connectivity index (χ4n) is 1.27. The van der Waals surface area contributed by atoms with Gasteiger partial charge in [0.15, 0.2) is 0 Å². The second kappa shape index (κ2) is 4.79. The molecule has 14 heavy (non-hydrogen) atoms. The molecular formula is C12H18ClN. The molecule has 2 heteroatoms. The monoisotopic (exact) mass is 211 g/mol.